The van der Waals surface area contributed by atoms with Crippen LogP contribution in [0, 0.1) is 25.2 Å². The molecule has 2 heteroatoms. The summed E-state index contributed by atoms with van der Waals surface area (Å²) in [5, 5.41) is 12.2. The quantitative estimate of drug-likeness (QED) is 0.357. The maximum atomic E-state index is 9.83. The highest BCUT2D eigenvalue weighted by atomic mass is 15.0. The fourth-order valence-corrected chi connectivity index (χ4v) is 3.90. The van der Waals surface area contributed by atoms with Crippen LogP contribution in [0.25, 0.3) is 28.1 Å². The summed E-state index contributed by atoms with van der Waals surface area (Å²) in [6, 6.07) is 27.7. The first-order chi connectivity index (χ1) is 14.1. The lowest BCUT2D eigenvalue weighted by atomic mass is 10.0. The van der Waals surface area contributed by atoms with Crippen molar-refractivity contribution in [2.45, 2.75) is 27.2 Å². The van der Waals surface area contributed by atoms with Gasteiger partial charge in [-0.15, -0.1) is 0 Å². The number of allylic oxidation sites excluding steroid dienone is 1. The number of nitrogens with zero attached hydrogens (tertiary/aromatic N) is 2. The Morgan fingerprint density at radius 1 is 0.931 bits per heavy atom. The van der Waals surface area contributed by atoms with Crippen molar-refractivity contribution in [3.8, 4) is 11.8 Å². The Morgan fingerprint density at radius 3 is 2.34 bits per heavy atom. The van der Waals surface area contributed by atoms with Crippen LogP contribution >= 0.6 is 0 Å². The van der Waals surface area contributed by atoms with Crippen LogP contribution in [-0.2, 0) is 6.42 Å². The van der Waals surface area contributed by atoms with Crippen molar-refractivity contribution < 1.29 is 0 Å². The molecule has 0 radical (unpaired) electrons. The zero-order valence-electron chi connectivity index (χ0n) is 17.1. The number of hydrogen-bond acceptors (Lipinski definition) is 1. The van der Waals surface area contributed by atoms with Crippen LogP contribution in [0.1, 0.15) is 35.0 Å². The van der Waals surface area contributed by atoms with Gasteiger partial charge in [-0.25, -0.2) is 0 Å². The predicted octanol–water partition coefficient (Wildman–Crippen LogP) is 6.87. The van der Waals surface area contributed by atoms with E-state index in [1.807, 2.05) is 24.3 Å². The molecule has 4 rings (SSSR count). The molecule has 0 aliphatic heterocycles. The number of aryl methyl sites for hydroxylation is 2. The van der Waals surface area contributed by atoms with Gasteiger partial charge >= 0.3 is 0 Å². The molecule has 0 amide bonds. The van der Waals surface area contributed by atoms with E-state index in [4.69, 9.17) is 0 Å². The molecule has 1 heterocycles. The molecular formula is C27H24N2. The van der Waals surface area contributed by atoms with Gasteiger partial charge in [-0.2, -0.15) is 5.26 Å². The average molecular weight is 377 g/mol. The highest BCUT2D eigenvalue weighted by Crippen LogP contribution is 2.27. The van der Waals surface area contributed by atoms with Crippen molar-refractivity contribution in [3.05, 3.63) is 101 Å². The Labute approximate surface area is 172 Å². The Bertz CT molecular complexity index is 1250. The van der Waals surface area contributed by atoms with E-state index < -0.39 is 0 Å². The number of hydrogen-bond donors (Lipinski definition) is 0. The van der Waals surface area contributed by atoms with Gasteiger partial charge in [-0.3, -0.25) is 0 Å². The summed E-state index contributed by atoms with van der Waals surface area (Å²) in [5.41, 5.74) is 7.49. The highest BCUT2D eigenvalue weighted by molar-refractivity contribution is 5.94. The normalized spacial score (nSPS) is 11.6. The van der Waals surface area contributed by atoms with Gasteiger partial charge in [-0.1, -0.05) is 55.5 Å². The smallest absolute Gasteiger partial charge is 0.0998 e. The molecule has 29 heavy (non-hydrogen) atoms. The molecule has 2 nitrogen and oxygen atoms in total. The van der Waals surface area contributed by atoms with Gasteiger partial charge in [0.05, 0.1) is 11.6 Å². The van der Waals surface area contributed by atoms with Crippen LogP contribution in [0.2, 0.25) is 0 Å². The van der Waals surface area contributed by atoms with Crippen molar-refractivity contribution in [1.29, 1.82) is 5.26 Å². The lowest BCUT2D eigenvalue weighted by Gasteiger charge is -2.10. The van der Waals surface area contributed by atoms with Gasteiger partial charge in [0.15, 0.2) is 0 Å². The predicted molar refractivity (Wildman–Crippen MR) is 122 cm³/mol. The minimum atomic E-state index is 0.678. The molecule has 4 aromatic rings. The Morgan fingerprint density at radius 2 is 1.66 bits per heavy atom. The van der Waals surface area contributed by atoms with E-state index in [0.29, 0.717) is 5.57 Å². The second-order valence-corrected chi connectivity index (χ2v) is 7.41. The maximum absolute atomic E-state index is 9.83. The number of benzene rings is 3. The standard InChI is InChI=1S/C27H24N2/c1-4-21-9-13-27(14-10-21)29-19(2)15-25(20(29)3)17-26(18-28)24-12-11-22-7-5-6-8-23(22)16-24/h5-17H,4H2,1-3H3/b26-17-. The molecule has 0 aliphatic rings. The molecule has 0 unspecified atom stereocenters. The first kappa shape index (κ1) is 18.8. The number of fused-ring (bicyclic) bond motifs is 1. The van der Waals surface area contributed by atoms with E-state index >= 15 is 0 Å². The topological polar surface area (TPSA) is 28.7 Å². The first-order valence-corrected chi connectivity index (χ1v) is 10.00. The zero-order chi connectivity index (χ0) is 20.4. The third-order valence-electron chi connectivity index (χ3n) is 5.55. The largest absolute Gasteiger partial charge is 0.318 e. The second kappa shape index (κ2) is 7.81. The van der Waals surface area contributed by atoms with Gasteiger partial charge in [0, 0.05) is 17.1 Å². The van der Waals surface area contributed by atoms with E-state index in [2.05, 4.69) is 86.0 Å². The van der Waals surface area contributed by atoms with E-state index in [1.165, 1.54) is 10.9 Å². The molecule has 0 saturated heterocycles. The Kier molecular flexibility index (Phi) is 5.06. The van der Waals surface area contributed by atoms with Crippen LogP contribution in [0.15, 0.2) is 72.8 Å². The molecule has 142 valence electrons. The van der Waals surface area contributed by atoms with Crippen LogP contribution in [-0.4, -0.2) is 4.57 Å². The van der Waals surface area contributed by atoms with Crippen LogP contribution in [0.5, 0.6) is 0 Å². The van der Waals surface area contributed by atoms with Crippen molar-refractivity contribution in [2.24, 2.45) is 0 Å². The fraction of sp³-hybridized carbons (Fsp3) is 0.148. The third kappa shape index (κ3) is 3.60. The SMILES string of the molecule is CCc1ccc(-n2c(C)cc(/C=C(/C#N)c3ccc4ccccc4c3)c2C)cc1. The van der Waals surface area contributed by atoms with Crippen molar-refractivity contribution in [3.63, 3.8) is 0 Å². The van der Waals surface area contributed by atoms with Gasteiger partial charge < -0.3 is 4.57 Å². The molecule has 0 spiro atoms. The summed E-state index contributed by atoms with van der Waals surface area (Å²) in [4.78, 5) is 0. The summed E-state index contributed by atoms with van der Waals surface area (Å²) in [5.74, 6) is 0. The molecule has 0 atom stereocenters. The molecule has 3 aromatic carbocycles. The summed E-state index contributed by atoms with van der Waals surface area (Å²) in [6.07, 6.45) is 3.04. The first-order valence-electron chi connectivity index (χ1n) is 10.00. The van der Waals surface area contributed by atoms with E-state index in [0.717, 1.165) is 40.0 Å². The van der Waals surface area contributed by atoms with Crippen molar-refractivity contribution in [2.75, 3.05) is 0 Å². The monoisotopic (exact) mass is 376 g/mol. The molecule has 0 bridgehead atoms. The lowest BCUT2D eigenvalue weighted by molar-refractivity contribution is 0.961. The van der Waals surface area contributed by atoms with Gasteiger partial charge in [0.2, 0.25) is 0 Å². The highest BCUT2D eigenvalue weighted by Gasteiger charge is 2.11. The summed E-state index contributed by atoms with van der Waals surface area (Å²) < 4.78 is 2.25. The maximum Gasteiger partial charge on any atom is 0.0998 e. The Hall–Kier alpha value is -3.57. The molecule has 0 aliphatic carbocycles. The zero-order valence-corrected chi connectivity index (χ0v) is 17.1. The molecule has 0 N–H and O–H groups in total. The Balaban J connectivity index is 1.76. The lowest BCUT2D eigenvalue weighted by Crippen LogP contribution is -1.99. The summed E-state index contributed by atoms with van der Waals surface area (Å²) in [7, 11) is 0. The number of aromatic nitrogens is 1. The minimum Gasteiger partial charge on any atom is -0.318 e. The molecular weight excluding hydrogens is 352 g/mol. The minimum absolute atomic E-state index is 0.678. The van der Waals surface area contributed by atoms with Gasteiger partial charge in [0.25, 0.3) is 0 Å². The van der Waals surface area contributed by atoms with E-state index in [9.17, 15) is 5.26 Å². The molecule has 1 aromatic heterocycles. The fourth-order valence-electron chi connectivity index (χ4n) is 3.90. The number of rotatable bonds is 4. The van der Waals surface area contributed by atoms with Crippen LogP contribution < -0.4 is 0 Å². The average Bonchev–Trinajstić information content (AvgIpc) is 3.04. The van der Waals surface area contributed by atoms with E-state index in [1.54, 1.807) is 0 Å². The van der Waals surface area contributed by atoms with Gasteiger partial charge in [0.1, 0.15) is 0 Å². The summed E-state index contributed by atoms with van der Waals surface area (Å²) >= 11 is 0. The second-order valence-electron chi connectivity index (χ2n) is 7.41. The van der Waals surface area contributed by atoms with Crippen LogP contribution in [0.3, 0.4) is 0 Å². The number of nitriles is 1. The van der Waals surface area contributed by atoms with E-state index in [-0.39, 0.29) is 0 Å². The van der Waals surface area contributed by atoms with Crippen molar-refractivity contribution in [1.82, 2.24) is 4.57 Å². The van der Waals surface area contributed by atoms with Crippen molar-refractivity contribution >= 4 is 22.4 Å². The summed E-state index contributed by atoms with van der Waals surface area (Å²) in [6.45, 7) is 6.39. The molecule has 0 saturated carbocycles. The van der Waals surface area contributed by atoms with Crippen LogP contribution in [0.4, 0.5) is 0 Å². The van der Waals surface area contributed by atoms with Gasteiger partial charge in [-0.05, 0) is 78.1 Å². The molecule has 0 fully saturated rings. The third-order valence-corrected chi connectivity index (χ3v) is 5.55.